The number of methoxy groups -OCH3 is 3. The monoisotopic (exact) mass is 797 g/mol. The second-order valence-corrected chi connectivity index (χ2v) is 15.5. The summed E-state index contributed by atoms with van der Waals surface area (Å²) in [6.07, 6.45) is 1.73. The average molecular weight is 798 g/mol. The molecule has 3 aliphatic heterocycles. The molecule has 3 heterocycles. The first-order valence-corrected chi connectivity index (χ1v) is 18.8. The van der Waals surface area contributed by atoms with Crippen LogP contribution in [0.15, 0.2) is 54.1 Å². The average Bonchev–Trinajstić information content (AvgIpc) is 3.86. The standard InChI is InChI=1S/C41H52ClN3O11/c1-22-11-10-12-32(53-9)41(50)20-31(54-35(47)21-41)23(2)37-40(4,56-37)33(19-34(46)45(6)28-16-25(15-22)17-30(52-8)36(28)42)55-39(49)24(3)44(5)38(48)26-13-14-27(43)29(18-26)51-7/h10-14,16-18,23-24,31-33,37,50H,15,19-21,43H2,1-9H3/b12-10+,22-11+/t23-,24+,31+,32-,33+,37+,40+,41-/m1/s1. The predicted molar refractivity (Wildman–Crippen MR) is 209 cm³/mol. The molecule has 0 aromatic heterocycles. The highest BCUT2D eigenvalue weighted by atomic mass is 35.5. The van der Waals surface area contributed by atoms with E-state index in [1.807, 2.05) is 19.9 Å². The Kier molecular flexibility index (Phi) is 12.8. The summed E-state index contributed by atoms with van der Waals surface area (Å²) in [7, 11) is 7.41. The Balaban J connectivity index is 1.52. The summed E-state index contributed by atoms with van der Waals surface area (Å²) in [6.45, 7) is 6.97. The van der Waals surface area contributed by atoms with Crippen LogP contribution in [-0.2, 0) is 39.8 Å². The van der Waals surface area contributed by atoms with Crippen molar-refractivity contribution in [2.75, 3.05) is 46.1 Å². The second-order valence-electron chi connectivity index (χ2n) is 15.1. The fraction of sp³-hybridized carbons (Fsp3) is 0.512. The third-order valence-corrected chi connectivity index (χ3v) is 11.6. The van der Waals surface area contributed by atoms with Gasteiger partial charge in [0.2, 0.25) is 5.91 Å². The summed E-state index contributed by atoms with van der Waals surface area (Å²) < 4.78 is 34.7. The molecule has 15 heteroatoms. The second kappa shape index (κ2) is 16.8. The Hall–Kier alpha value is -4.63. The molecule has 2 amide bonds. The molecule has 0 aliphatic carbocycles. The lowest BCUT2D eigenvalue weighted by molar-refractivity contribution is -0.187. The van der Waals surface area contributed by atoms with Crippen LogP contribution in [0, 0.1) is 5.92 Å². The first kappa shape index (κ1) is 42.5. The van der Waals surface area contributed by atoms with Crippen LogP contribution in [0.4, 0.5) is 11.4 Å². The van der Waals surface area contributed by atoms with E-state index < -0.39 is 71.3 Å². The van der Waals surface area contributed by atoms with Gasteiger partial charge in [0.1, 0.15) is 52.1 Å². The smallest absolute Gasteiger partial charge is 0.328 e. The number of nitrogens with two attached hydrogens (primary N) is 1. The number of aliphatic hydroxyl groups is 1. The maximum absolute atomic E-state index is 14.2. The minimum absolute atomic E-state index is 0.0392. The minimum atomic E-state index is -1.60. The van der Waals surface area contributed by atoms with E-state index in [1.54, 1.807) is 38.3 Å². The number of carbonyl (C=O) groups is 4. The van der Waals surface area contributed by atoms with E-state index in [9.17, 15) is 24.3 Å². The van der Waals surface area contributed by atoms with E-state index in [4.69, 9.17) is 45.8 Å². The van der Waals surface area contributed by atoms with Crippen molar-refractivity contribution in [2.45, 2.75) is 95.0 Å². The number of amides is 2. The van der Waals surface area contributed by atoms with Gasteiger partial charge < -0.3 is 49.1 Å². The van der Waals surface area contributed by atoms with Crippen molar-refractivity contribution in [3.8, 4) is 11.5 Å². The summed E-state index contributed by atoms with van der Waals surface area (Å²) in [6, 6.07) is 7.02. The number of nitrogens with zero attached hydrogens (tertiary/aromatic N) is 2. The van der Waals surface area contributed by atoms with Gasteiger partial charge in [0, 0.05) is 39.1 Å². The Labute approximate surface area is 332 Å². The maximum Gasteiger partial charge on any atom is 0.328 e. The molecule has 2 saturated heterocycles. The van der Waals surface area contributed by atoms with Crippen molar-refractivity contribution in [1.29, 1.82) is 0 Å². The quantitative estimate of drug-likeness (QED) is 0.225. The van der Waals surface area contributed by atoms with Crippen molar-refractivity contribution >= 4 is 46.7 Å². The molecule has 4 bridgehead atoms. The third-order valence-electron chi connectivity index (χ3n) is 11.2. The number of allylic oxidation sites excluding steroid dienone is 3. The molecular formula is C41H52ClN3O11. The van der Waals surface area contributed by atoms with E-state index >= 15 is 0 Å². The van der Waals surface area contributed by atoms with Crippen LogP contribution >= 0.6 is 11.6 Å². The summed E-state index contributed by atoms with van der Waals surface area (Å²) in [5, 5.41) is 12.1. The first-order chi connectivity index (χ1) is 26.4. The van der Waals surface area contributed by atoms with E-state index in [2.05, 4.69) is 0 Å². The number of halogens is 1. The normalized spacial score (nSPS) is 30.2. The number of benzene rings is 2. The number of anilines is 2. The van der Waals surface area contributed by atoms with Crippen LogP contribution in [0.5, 0.6) is 11.5 Å². The highest BCUT2D eigenvalue weighted by Gasteiger charge is 2.64. The number of rotatable bonds is 7. The van der Waals surface area contributed by atoms with Gasteiger partial charge in [0.05, 0.1) is 44.5 Å². The van der Waals surface area contributed by atoms with Crippen molar-refractivity contribution in [3.63, 3.8) is 0 Å². The number of esters is 2. The molecule has 0 unspecified atom stereocenters. The van der Waals surface area contributed by atoms with Gasteiger partial charge in [0.15, 0.2) is 0 Å². The Morgan fingerprint density at radius 1 is 1.12 bits per heavy atom. The fourth-order valence-electron chi connectivity index (χ4n) is 7.48. The highest BCUT2D eigenvalue weighted by Crippen LogP contribution is 2.50. The Morgan fingerprint density at radius 2 is 1.82 bits per heavy atom. The molecule has 3 N–H and O–H groups in total. The largest absolute Gasteiger partial charge is 0.495 e. The molecule has 14 nitrogen and oxygen atoms in total. The van der Waals surface area contributed by atoms with Crippen LogP contribution in [0.25, 0.3) is 0 Å². The number of fused-ring (bicyclic) bond motifs is 5. The summed E-state index contributed by atoms with van der Waals surface area (Å²) in [5.74, 6) is -2.19. The van der Waals surface area contributed by atoms with Crippen LogP contribution in [0.2, 0.25) is 5.02 Å². The topological polar surface area (TPSA) is 180 Å². The molecule has 3 aliphatic rings. The van der Waals surface area contributed by atoms with Gasteiger partial charge >= 0.3 is 11.9 Å². The van der Waals surface area contributed by atoms with E-state index in [-0.39, 0.29) is 29.8 Å². The van der Waals surface area contributed by atoms with E-state index in [0.717, 1.165) is 11.1 Å². The molecule has 8 atom stereocenters. The zero-order valence-corrected chi connectivity index (χ0v) is 34.0. The van der Waals surface area contributed by atoms with Gasteiger partial charge in [-0.25, -0.2) is 4.79 Å². The van der Waals surface area contributed by atoms with Crippen molar-refractivity contribution < 1.29 is 52.7 Å². The zero-order valence-electron chi connectivity index (χ0n) is 33.3. The summed E-state index contributed by atoms with van der Waals surface area (Å²) >= 11 is 6.78. The Morgan fingerprint density at radius 3 is 2.48 bits per heavy atom. The number of ether oxygens (including phenoxy) is 6. The molecule has 2 aromatic carbocycles. The lowest BCUT2D eigenvalue weighted by Crippen LogP contribution is -2.53. The third kappa shape index (κ3) is 8.68. The molecular weight excluding hydrogens is 746 g/mol. The SMILES string of the molecule is COc1cc(C(=O)N(C)[C@@H](C)C(=O)O[C@H]2CC(=O)N(C)c3cc(cc(OC)c3Cl)C/C(C)=C/C=C/[C@@H](OC)[C@]3(O)CC(=O)O[C@@H](C3)[C@@H](C)[C@@H]3O[C@@]23C)ccc1N. The number of nitrogen functional groups attached to an aromatic ring is 1. The van der Waals surface area contributed by atoms with Crippen LogP contribution in [-0.4, -0.2) is 111 Å². The van der Waals surface area contributed by atoms with Crippen molar-refractivity contribution in [1.82, 2.24) is 4.90 Å². The molecule has 5 rings (SSSR count). The zero-order chi connectivity index (χ0) is 41.3. The predicted octanol–water partition coefficient (Wildman–Crippen LogP) is 4.67. The van der Waals surface area contributed by atoms with E-state index in [0.29, 0.717) is 29.3 Å². The van der Waals surface area contributed by atoms with Gasteiger partial charge in [-0.15, -0.1) is 0 Å². The lowest BCUT2D eigenvalue weighted by Gasteiger charge is -2.41. The van der Waals surface area contributed by atoms with Crippen LogP contribution in [0.1, 0.15) is 62.9 Å². The number of hydrogen-bond acceptors (Lipinski definition) is 12. The van der Waals surface area contributed by atoms with Gasteiger partial charge in [-0.1, -0.05) is 42.3 Å². The number of hydrogen-bond donors (Lipinski definition) is 2. The van der Waals surface area contributed by atoms with Crippen LogP contribution in [0.3, 0.4) is 0 Å². The number of carbonyl (C=O) groups excluding carboxylic acids is 4. The van der Waals surface area contributed by atoms with Crippen molar-refractivity contribution in [2.24, 2.45) is 5.92 Å². The fourth-order valence-corrected chi connectivity index (χ4v) is 7.79. The summed E-state index contributed by atoms with van der Waals surface area (Å²) in [4.78, 5) is 57.3. The van der Waals surface area contributed by atoms with Crippen molar-refractivity contribution in [3.05, 3.63) is 70.3 Å². The van der Waals surface area contributed by atoms with Gasteiger partial charge in [-0.2, -0.15) is 0 Å². The Bertz CT molecular complexity index is 1920. The van der Waals surface area contributed by atoms with E-state index in [1.165, 1.54) is 63.3 Å². The highest BCUT2D eigenvalue weighted by molar-refractivity contribution is 6.35. The number of likely N-dealkylation sites (N-methyl/N-ethyl adjacent to an activating group) is 1. The maximum atomic E-state index is 14.2. The summed E-state index contributed by atoms with van der Waals surface area (Å²) in [5.41, 5.74) is 5.79. The molecule has 0 radical (unpaired) electrons. The molecule has 2 aromatic rings. The molecule has 304 valence electrons. The lowest BCUT2D eigenvalue weighted by atomic mass is 9.78. The van der Waals surface area contributed by atoms with Gasteiger partial charge in [-0.3, -0.25) is 14.4 Å². The van der Waals surface area contributed by atoms with Crippen LogP contribution < -0.4 is 20.1 Å². The van der Waals surface area contributed by atoms with Gasteiger partial charge in [-0.05, 0) is 63.1 Å². The molecule has 0 saturated carbocycles. The minimum Gasteiger partial charge on any atom is -0.495 e. The molecule has 2 fully saturated rings. The van der Waals surface area contributed by atoms with Gasteiger partial charge in [0.25, 0.3) is 5.91 Å². The molecule has 0 spiro atoms. The number of epoxide rings is 1. The first-order valence-electron chi connectivity index (χ1n) is 18.4. The molecule has 56 heavy (non-hydrogen) atoms.